The summed E-state index contributed by atoms with van der Waals surface area (Å²) in [6.45, 7) is 2.26. The minimum absolute atomic E-state index is 0.146. The van der Waals surface area contributed by atoms with E-state index >= 15 is 0 Å². The van der Waals surface area contributed by atoms with Gasteiger partial charge in [-0.05, 0) is 36.8 Å². The predicted molar refractivity (Wildman–Crippen MR) is 114 cm³/mol. The van der Waals surface area contributed by atoms with Gasteiger partial charge < -0.3 is 19.4 Å². The van der Waals surface area contributed by atoms with Crippen LogP contribution < -0.4 is 10.1 Å². The van der Waals surface area contributed by atoms with Crippen molar-refractivity contribution >= 4 is 29.3 Å². The quantitative estimate of drug-likeness (QED) is 0.436. The van der Waals surface area contributed by atoms with Gasteiger partial charge in [0.25, 0.3) is 0 Å². The molecule has 0 spiro atoms. The molecule has 8 nitrogen and oxygen atoms in total. The van der Waals surface area contributed by atoms with Crippen molar-refractivity contribution in [2.75, 3.05) is 18.2 Å². The number of ether oxygens (including phenoxy) is 2. The largest absolute Gasteiger partial charge is 0.485 e. The average molecular weight is 426 g/mol. The molecular formula is C21H22N4O4S. The van der Waals surface area contributed by atoms with E-state index in [1.165, 1.54) is 18.9 Å². The molecule has 1 N–H and O–H groups in total. The first kappa shape index (κ1) is 21.4. The van der Waals surface area contributed by atoms with Crippen molar-refractivity contribution in [1.29, 1.82) is 0 Å². The Labute approximate surface area is 178 Å². The first-order valence-corrected chi connectivity index (χ1v) is 10.1. The summed E-state index contributed by atoms with van der Waals surface area (Å²) in [5.41, 5.74) is 1.94. The predicted octanol–water partition coefficient (Wildman–Crippen LogP) is 3.22. The molecule has 0 unspecified atom stereocenters. The Bertz CT molecular complexity index is 1050. The van der Waals surface area contributed by atoms with Crippen LogP contribution in [0.1, 0.15) is 21.7 Å². The second-order valence-corrected chi connectivity index (χ2v) is 7.36. The van der Waals surface area contributed by atoms with Gasteiger partial charge in [-0.15, -0.1) is 10.2 Å². The number of amides is 1. The molecule has 0 atom stereocenters. The fraction of sp³-hybridized carbons (Fsp3) is 0.238. The van der Waals surface area contributed by atoms with E-state index in [9.17, 15) is 9.59 Å². The van der Waals surface area contributed by atoms with E-state index in [1.807, 2.05) is 38.2 Å². The third kappa shape index (κ3) is 5.38. The zero-order valence-electron chi connectivity index (χ0n) is 16.9. The van der Waals surface area contributed by atoms with E-state index in [1.54, 1.807) is 28.8 Å². The Balaban J connectivity index is 1.54. The van der Waals surface area contributed by atoms with Crippen molar-refractivity contribution in [3.8, 4) is 5.75 Å². The number of benzene rings is 2. The molecule has 1 amide bonds. The minimum Gasteiger partial charge on any atom is -0.485 e. The van der Waals surface area contributed by atoms with E-state index in [4.69, 9.17) is 4.74 Å². The topological polar surface area (TPSA) is 95.3 Å². The molecule has 0 radical (unpaired) electrons. The molecule has 0 aliphatic heterocycles. The maximum Gasteiger partial charge on any atom is 0.337 e. The summed E-state index contributed by atoms with van der Waals surface area (Å²) >= 11 is 1.27. The standard InChI is InChI=1S/C21H22N4O4S/c1-14-7-4-5-10-17(14)29-12-18-23-24-21(25(18)2)30-13-19(26)22-16-9-6-8-15(11-16)20(27)28-3/h4-11H,12-13H2,1-3H3,(H,22,26). The first-order chi connectivity index (χ1) is 14.5. The van der Waals surface area contributed by atoms with Crippen LogP contribution in [0.25, 0.3) is 0 Å². The molecule has 0 aliphatic carbocycles. The van der Waals surface area contributed by atoms with Gasteiger partial charge in [0, 0.05) is 12.7 Å². The monoisotopic (exact) mass is 426 g/mol. The average Bonchev–Trinajstić information content (AvgIpc) is 3.10. The van der Waals surface area contributed by atoms with Crippen LogP contribution in [-0.2, 0) is 23.2 Å². The van der Waals surface area contributed by atoms with Crippen molar-refractivity contribution in [1.82, 2.24) is 14.8 Å². The molecule has 0 bridgehead atoms. The third-order valence-corrected chi connectivity index (χ3v) is 5.30. The van der Waals surface area contributed by atoms with Gasteiger partial charge >= 0.3 is 5.97 Å². The van der Waals surface area contributed by atoms with Crippen LogP contribution in [0.15, 0.2) is 53.7 Å². The summed E-state index contributed by atoms with van der Waals surface area (Å²) < 4.78 is 12.3. The van der Waals surface area contributed by atoms with Crippen LogP contribution in [0.2, 0.25) is 0 Å². The summed E-state index contributed by atoms with van der Waals surface area (Å²) in [7, 11) is 3.14. The van der Waals surface area contributed by atoms with Gasteiger partial charge in [0.15, 0.2) is 11.0 Å². The van der Waals surface area contributed by atoms with Crippen LogP contribution in [0, 0.1) is 6.92 Å². The zero-order valence-corrected chi connectivity index (χ0v) is 17.7. The number of carbonyl (C=O) groups excluding carboxylic acids is 2. The van der Waals surface area contributed by atoms with Crippen molar-refractivity contribution in [2.45, 2.75) is 18.7 Å². The lowest BCUT2D eigenvalue weighted by molar-refractivity contribution is -0.113. The fourth-order valence-corrected chi connectivity index (χ4v) is 3.36. The lowest BCUT2D eigenvalue weighted by Crippen LogP contribution is -2.15. The highest BCUT2D eigenvalue weighted by molar-refractivity contribution is 7.99. The van der Waals surface area contributed by atoms with E-state index < -0.39 is 5.97 Å². The van der Waals surface area contributed by atoms with Gasteiger partial charge in [0.2, 0.25) is 5.91 Å². The number of methoxy groups -OCH3 is 1. The van der Waals surface area contributed by atoms with E-state index in [0.29, 0.717) is 22.2 Å². The molecule has 0 saturated carbocycles. The van der Waals surface area contributed by atoms with Gasteiger partial charge in [-0.25, -0.2) is 4.79 Å². The molecule has 2 aromatic carbocycles. The second-order valence-electron chi connectivity index (χ2n) is 6.42. The van der Waals surface area contributed by atoms with Gasteiger partial charge in [-0.3, -0.25) is 4.79 Å². The maximum atomic E-state index is 12.3. The van der Waals surface area contributed by atoms with Crippen molar-refractivity contribution < 1.29 is 19.1 Å². The summed E-state index contributed by atoms with van der Waals surface area (Å²) in [5, 5.41) is 11.6. The maximum absolute atomic E-state index is 12.3. The minimum atomic E-state index is -0.458. The number of carbonyl (C=O) groups is 2. The highest BCUT2D eigenvalue weighted by atomic mass is 32.2. The molecule has 9 heteroatoms. The molecule has 0 aliphatic rings. The number of hydrogen-bond donors (Lipinski definition) is 1. The van der Waals surface area contributed by atoms with Crippen LogP contribution in [0.4, 0.5) is 5.69 Å². The van der Waals surface area contributed by atoms with Gasteiger partial charge in [0.1, 0.15) is 12.4 Å². The highest BCUT2D eigenvalue weighted by Gasteiger charge is 2.13. The van der Waals surface area contributed by atoms with E-state index in [-0.39, 0.29) is 18.3 Å². The SMILES string of the molecule is COC(=O)c1cccc(NC(=O)CSc2nnc(COc3ccccc3C)n2C)c1. The number of para-hydroxylation sites is 1. The Morgan fingerprint density at radius 3 is 2.70 bits per heavy atom. The third-order valence-electron chi connectivity index (χ3n) is 4.28. The Hall–Kier alpha value is -3.33. The second kappa shape index (κ2) is 9.93. The lowest BCUT2D eigenvalue weighted by atomic mass is 10.2. The van der Waals surface area contributed by atoms with Crippen LogP contribution in [0.5, 0.6) is 5.75 Å². The van der Waals surface area contributed by atoms with Crippen LogP contribution in [-0.4, -0.2) is 39.5 Å². The molecule has 1 heterocycles. The number of aryl methyl sites for hydroxylation is 1. The number of nitrogens with one attached hydrogen (secondary N) is 1. The summed E-state index contributed by atoms with van der Waals surface area (Å²) in [4.78, 5) is 23.9. The Kier molecular flexibility index (Phi) is 7.08. The molecule has 0 saturated heterocycles. The van der Waals surface area contributed by atoms with Gasteiger partial charge in [-0.1, -0.05) is 36.0 Å². The molecule has 30 heavy (non-hydrogen) atoms. The number of thioether (sulfide) groups is 1. The fourth-order valence-electron chi connectivity index (χ4n) is 2.63. The molecule has 3 aromatic rings. The normalized spacial score (nSPS) is 10.5. The number of nitrogens with zero attached hydrogens (tertiary/aromatic N) is 3. The highest BCUT2D eigenvalue weighted by Crippen LogP contribution is 2.20. The van der Waals surface area contributed by atoms with E-state index in [2.05, 4.69) is 20.3 Å². The molecule has 1 aromatic heterocycles. The molecule has 0 fully saturated rings. The van der Waals surface area contributed by atoms with Crippen molar-refractivity contribution in [2.24, 2.45) is 7.05 Å². The number of aromatic nitrogens is 3. The molecule has 3 rings (SSSR count). The summed E-state index contributed by atoms with van der Waals surface area (Å²) in [6, 6.07) is 14.3. The number of anilines is 1. The number of rotatable bonds is 8. The summed E-state index contributed by atoms with van der Waals surface area (Å²) in [6.07, 6.45) is 0. The first-order valence-electron chi connectivity index (χ1n) is 9.15. The van der Waals surface area contributed by atoms with Crippen LogP contribution in [0.3, 0.4) is 0 Å². The van der Waals surface area contributed by atoms with Gasteiger partial charge in [-0.2, -0.15) is 0 Å². The van der Waals surface area contributed by atoms with Crippen molar-refractivity contribution in [3.05, 3.63) is 65.5 Å². The lowest BCUT2D eigenvalue weighted by Gasteiger charge is -2.09. The zero-order chi connectivity index (χ0) is 21.5. The molecular weight excluding hydrogens is 404 g/mol. The number of esters is 1. The van der Waals surface area contributed by atoms with Gasteiger partial charge in [0.05, 0.1) is 18.4 Å². The van der Waals surface area contributed by atoms with E-state index in [0.717, 1.165) is 11.3 Å². The number of hydrogen-bond acceptors (Lipinski definition) is 7. The molecule has 156 valence electrons. The summed E-state index contributed by atoms with van der Waals surface area (Å²) in [5.74, 6) is 0.922. The Morgan fingerprint density at radius 1 is 1.13 bits per heavy atom. The Morgan fingerprint density at radius 2 is 1.93 bits per heavy atom. The smallest absolute Gasteiger partial charge is 0.337 e. The van der Waals surface area contributed by atoms with Crippen LogP contribution >= 0.6 is 11.8 Å². The van der Waals surface area contributed by atoms with Crippen molar-refractivity contribution in [3.63, 3.8) is 0 Å².